The van der Waals surface area contributed by atoms with Crippen LogP contribution in [0.4, 0.5) is 0 Å². The van der Waals surface area contributed by atoms with Crippen molar-refractivity contribution in [3.05, 3.63) is 70.1 Å². The van der Waals surface area contributed by atoms with Gasteiger partial charge in [0.1, 0.15) is 6.04 Å². The summed E-state index contributed by atoms with van der Waals surface area (Å²) < 4.78 is 22.5. The van der Waals surface area contributed by atoms with E-state index in [2.05, 4.69) is 20.8 Å². The average molecular weight is 443 g/mol. The quantitative estimate of drug-likeness (QED) is 0.399. The number of primary sulfonamides is 1. The Bertz CT molecular complexity index is 1290. The molecule has 10 nitrogen and oxygen atoms in total. The SMILES string of the molecule is C[C@@H](NC(=O)Cc1n[nH]c(=O)c2ccccc12)C(=O)NCc1ccc(S(N)(=O)=O)cc1. The first-order valence-electron chi connectivity index (χ1n) is 9.30. The molecule has 3 aromatic rings. The maximum absolute atomic E-state index is 12.4. The first-order valence-corrected chi connectivity index (χ1v) is 10.8. The zero-order chi connectivity index (χ0) is 22.6. The molecule has 1 atom stereocenters. The van der Waals surface area contributed by atoms with Gasteiger partial charge in [-0.1, -0.05) is 30.3 Å². The van der Waals surface area contributed by atoms with Gasteiger partial charge < -0.3 is 10.6 Å². The number of hydrogen-bond acceptors (Lipinski definition) is 6. The Morgan fingerprint density at radius 2 is 1.74 bits per heavy atom. The second-order valence-electron chi connectivity index (χ2n) is 6.92. The average Bonchev–Trinajstić information content (AvgIpc) is 2.74. The molecule has 0 aliphatic heterocycles. The lowest BCUT2D eigenvalue weighted by Gasteiger charge is -2.14. The van der Waals surface area contributed by atoms with Crippen LogP contribution < -0.4 is 21.3 Å². The van der Waals surface area contributed by atoms with Gasteiger partial charge in [-0.25, -0.2) is 18.7 Å². The van der Waals surface area contributed by atoms with E-state index in [1.54, 1.807) is 24.3 Å². The number of carbonyl (C=O) groups excluding carboxylic acids is 2. The molecule has 0 spiro atoms. The molecule has 0 unspecified atom stereocenters. The number of aromatic nitrogens is 2. The van der Waals surface area contributed by atoms with Gasteiger partial charge in [0.2, 0.25) is 21.8 Å². The summed E-state index contributed by atoms with van der Waals surface area (Å²) in [5, 5.41) is 17.6. The van der Waals surface area contributed by atoms with Gasteiger partial charge in [-0.05, 0) is 30.7 Å². The summed E-state index contributed by atoms with van der Waals surface area (Å²) in [5.74, 6) is -0.840. The van der Waals surface area contributed by atoms with Gasteiger partial charge in [-0.15, -0.1) is 0 Å². The summed E-state index contributed by atoms with van der Waals surface area (Å²) in [4.78, 5) is 36.5. The number of sulfonamides is 1. The lowest BCUT2D eigenvalue weighted by molar-refractivity contribution is -0.128. The molecule has 0 radical (unpaired) electrons. The lowest BCUT2D eigenvalue weighted by atomic mass is 10.1. The zero-order valence-electron chi connectivity index (χ0n) is 16.6. The van der Waals surface area contributed by atoms with Crippen LogP contribution in [0.15, 0.2) is 58.2 Å². The lowest BCUT2D eigenvalue weighted by Crippen LogP contribution is -2.45. The summed E-state index contributed by atoms with van der Waals surface area (Å²) in [7, 11) is -3.78. The van der Waals surface area contributed by atoms with Crippen LogP contribution in [0, 0.1) is 0 Å². The number of nitrogens with one attached hydrogen (secondary N) is 3. The van der Waals surface area contributed by atoms with Crippen LogP contribution in [0.1, 0.15) is 18.2 Å². The minimum Gasteiger partial charge on any atom is -0.350 e. The molecule has 11 heteroatoms. The first-order chi connectivity index (χ1) is 14.6. The van der Waals surface area contributed by atoms with E-state index < -0.39 is 27.9 Å². The van der Waals surface area contributed by atoms with E-state index in [1.807, 2.05) is 0 Å². The number of hydrogen-bond donors (Lipinski definition) is 4. The van der Waals surface area contributed by atoms with E-state index in [4.69, 9.17) is 5.14 Å². The molecule has 2 amide bonds. The molecule has 0 aliphatic rings. The van der Waals surface area contributed by atoms with Crippen LogP contribution in [0.3, 0.4) is 0 Å². The number of H-pyrrole nitrogens is 1. The molecule has 0 saturated carbocycles. The first kappa shape index (κ1) is 22.1. The number of rotatable bonds is 7. The van der Waals surface area contributed by atoms with Gasteiger partial charge in [0.05, 0.1) is 22.4 Å². The molecular weight excluding hydrogens is 422 g/mol. The normalized spacial score (nSPS) is 12.3. The van der Waals surface area contributed by atoms with Crippen molar-refractivity contribution in [2.45, 2.75) is 30.8 Å². The highest BCUT2D eigenvalue weighted by atomic mass is 32.2. The van der Waals surface area contributed by atoms with Gasteiger partial charge in [0.15, 0.2) is 0 Å². The highest BCUT2D eigenvalue weighted by Crippen LogP contribution is 2.13. The Balaban J connectivity index is 1.57. The van der Waals surface area contributed by atoms with E-state index in [-0.39, 0.29) is 23.4 Å². The predicted octanol–water partition coefficient (Wildman–Crippen LogP) is -0.0659. The van der Waals surface area contributed by atoms with Gasteiger partial charge in [0, 0.05) is 11.9 Å². The fraction of sp³-hybridized carbons (Fsp3) is 0.200. The molecule has 1 aromatic heterocycles. The van der Waals surface area contributed by atoms with Crippen molar-refractivity contribution >= 4 is 32.6 Å². The Morgan fingerprint density at radius 3 is 2.39 bits per heavy atom. The molecule has 5 N–H and O–H groups in total. The van der Waals surface area contributed by atoms with Crippen LogP contribution >= 0.6 is 0 Å². The monoisotopic (exact) mass is 443 g/mol. The van der Waals surface area contributed by atoms with E-state index in [0.717, 1.165) is 0 Å². The fourth-order valence-electron chi connectivity index (χ4n) is 2.96. The summed E-state index contributed by atoms with van der Waals surface area (Å²) in [5.41, 5.74) is 0.725. The third-order valence-corrected chi connectivity index (χ3v) is 5.52. The summed E-state index contributed by atoms with van der Waals surface area (Å²) in [6.45, 7) is 1.69. The van der Waals surface area contributed by atoms with Crippen molar-refractivity contribution in [3.8, 4) is 0 Å². The largest absolute Gasteiger partial charge is 0.350 e. The predicted molar refractivity (Wildman–Crippen MR) is 113 cm³/mol. The number of benzene rings is 2. The second kappa shape index (κ2) is 9.06. The number of fused-ring (bicyclic) bond motifs is 1. The highest BCUT2D eigenvalue weighted by Gasteiger charge is 2.17. The Kier molecular flexibility index (Phi) is 6.47. The molecule has 0 fully saturated rings. The maximum Gasteiger partial charge on any atom is 0.272 e. The van der Waals surface area contributed by atoms with Gasteiger partial charge in [-0.2, -0.15) is 5.10 Å². The van der Waals surface area contributed by atoms with E-state index in [0.29, 0.717) is 22.0 Å². The van der Waals surface area contributed by atoms with E-state index >= 15 is 0 Å². The fourth-order valence-corrected chi connectivity index (χ4v) is 3.47. The topological polar surface area (TPSA) is 164 Å². The summed E-state index contributed by atoms with van der Waals surface area (Å²) in [6, 6.07) is 11.8. The van der Waals surface area contributed by atoms with Gasteiger partial charge in [0.25, 0.3) is 5.56 Å². The molecule has 162 valence electrons. The Hall–Kier alpha value is -3.57. The summed E-state index contributed by atoms with van der Waals surface area (Å²) >= 11 is 0. The standard InChI is InChI=1S/C20H21N5O5S/c1-12(19(27)22-11-13-6-8-14(9-7-13)31(21,29)30)23-18(26)10-17-15-4-2-3-5-16(15)20(28)25-24-17/h2-9,12H,10-11H2,1H3,(H,22,27)(H,23,26)(H,25,28)(H2,21,29,30)/t12-/m1/s1. The number of aromatic amines is 1. The number of nitrogens with zero attached hydrogens (tertiary/aromatic N) is 1. The van der Waals surface area contributed by atoms with E-state index in [9.17, 15) is 22.8 Å². The van der Waals surface area contributed by atoms with Crippen LogP contribution in [0.2, 0.25) is 0 Å². The Labute approximate surface area is 177 Å². The number of nitrogens with two attached hydrogens (primary N) is 1. The zero-order valence-corrected chi connectivity index (χ0v) is 17.4. The van der Waals surface area contributed by atoms with E-state index in [1.165, 1.54) is 31.2 Å². The minimum absolute atomic E-state index is 0.0217. The summed E-state index contributed by atoms with van der Waals surface area (Å²) in [6.07, 6.45) is -0.107. The molecule has 31 heavy (non-hydrogen) atoms. The van der Waals surface area contributed by atoms with Gasteiger partial charge >= 0.3 is 0 Å². The molecule has 2 aromatic carbocycles. The smallest absolute Gasteiger partial charge is 0.272 e. The van der Waals surface area contributed by atoms with Crippen LogP contribution in [-0.2, 0) is 32.6 Å². The number of carbonyl (C=O) groups is 2. The van der Waals surface area contributed by atoms with Crippen LogP contribution in [0.25, 0.3) is 10.8 Å². The van der Waals surface area contributed by atoms with Gasteiger partial charge in [-0.3, -0.25) is 14.4 Å². The molecule has 1 heterocycles. The van der Waals surface area contributed by atoms with Crippen molar-refractivity contribution < 1.29 is 18.0 Å². The Morgan fingerprint density at radius 1 is 1.10 bits per heavy atom. The van der Waals surface area contributed by atoms with Crippen molar-refractivity contribution in [2.75, 3.05) is 0 Å². The van der Waals surface area contributed by atoms with Crippen molar-refractivity contribution in [2.24, 2.45) is 5.14 Å². The van der Waals surface area contributed by atoms with Crippen molar-refractivity contribution in [1.82, 2.24) is 20.8 Å². The minimum atomic E-state index is -3.78. The molecule has 3 rings (SSSR count). The second-order valence-corrected chi connectivity index (χ2v) is 8.48. The highest BCUT2D eigenvalue weighted by molar-refractivity contribution is 7.89. The molecule has 0 bridgehead atoms. The third kappa shape index (κ3) is 5.53. The van der Waals surface area contributed by atoms with Crippen LogP contribution in [0.5, 0.6) is 0 Å². The van der Waals surface area contributed by atoms with Crippen LogP contribution in [-0.4, -0.2) is 36.5 Å². The molecule has 0 saturated heterocycles. The molecule has 0 aliphatic carbocycles. The third-order valence-electron chi connectivity index (χ3n) is 4.59. The number of amides is 2. The maximum atomic E-state index is 12.4. The van der Waals surface area contributed by atoms with Crippen molar-refractivity contribution in [1.29, 1.82) is 0 Å². The molecular formula is C20H21N5O5S. The van der Waals surface area contributed by atoms with Crippen molar-refractivity contribution in [3.63, 3.8) is 0 Å².